The van der Waals surface area contributed by atoms with Gasteiger partial charge in [0.25, 0.3) is 0 Å². The topological polar surface area (TPSA) is 17.1 Å². The van der Waals surface area contributed by atoms with Crippen molar-refractivity contribution < 1.29 is 4.79 Å². The number of ketones is 1. The molecule has 0 bridgehead atoms. The van der Waals surface area contributed by atoms with Gasteiger partial charge in [-0.1, -0.05) is 36.5 Å². The summed E-state index contributed by atoms with van der Waals surface area (Å²) in [5.41, 5.74) is 2.19. The molecule has 0 radical (unpaired) electrons. The summed E-state index contributed by atoms with van der Waals surface area (Å²) in [6, 6.07) is 0. The molecule has 112 valence electrons. The summed E-state index contributed by atoms with van der Waals surface area (Å²) in [7, 11) is 0. The number of hydrogen-bond donors (Lipinski definition) is 0. The number of hydrogen-bond acceptors (Lipinski definition) is 1. The van der Waals surface area contributed by atoms with E-state index in [1.807, 2.05) is 0 Å². The van der Waals surface area contributed by atoms with Crippen molar-refractivity contribution in [3.63, 3.8) is 0 Å². The lowest BCUT2D eigenvalue weighted by Gasteiger charge is -2.22. The fourth-order valence-corrected chi connectivity index (χ4v) is 3.73. The lowest BCUT2D eigenvalue weighted by Crippen LogP contribution is -2.16. The average molecular weight is 282 g/mol. The molecule has 0 saturated heterocycles. The first-order valence-corrected chi connectivity index (χ1v) is 8.59. The third kappa shape index (κ3) is 3.84. The molecular weight excluding hydrogens is 256 g/mol. The highest BCUT2D eigenvalue weighted by atomic mass is 16.1. The zero-order valence-corrected chi connectivity index (χ0v) is 12.9. The molecule has 0 aromatic heterocycles. The van der Waals surface area contributed by atoms with Gasteiger partial charge in [-0.3, -0.25) is 4.79 Å². The normalized spacial score (nSPS) is 33.8. The molecule has 2 unspecified atom stereocenters. The minimum Gasteiger partial charge on any atom is -0.289 e. The molecule has 3 rings (SSSR count). The van der Waals surface area contributed by atoms with Gasteiger partial charge >= 0.3 is 0 Å². The van der Waals surface area contributed by atoms with Crippen LogP contribution in [0.4, 0.5) is 0 Å². The van der Waals surface area contributed by atoms with Crippen LogP contribution in [0, 0.1) is 11.8 Å². The standard InChI is InChI=1S/C20H26O/c21-20-18(14-16-8-3-1-4-9-16)12-7-13-19(20)15-17-10-5-2-6-11-17/h1-3,5,14-17H,4,6-13H2. The first kappa shape index (κ1) is 14.6. The average Bonchev–Trinajstić information content (AvgIpc) is 2.53. The van der Waals surface area contributed by atoms with Gasteiger partial charge in [0.2, 0.25) is 0 Å². The Bertz CT molecular complexity index is 460. The minimum atomic E-state index is 0.352. The summed E-state index contributed by atoms with van der Waals surface area (Å²) in [6.45, 7) is 0. The van der Waals surface area contributed by atoms with Crippen LogP contribution in [0.3, 0.4) is 0 Å². The van der Waals surface area contributed by atoms with Gasteiger partial charge in [0.15, 0.2) is 5.78 Å². The van der Waals surface area contributed by atoms with Crippen molar-refractivity contribution >= 4 is 5.78 Å². The molecule has 0 aromatic carbocycles. The maximum absolute atomic E-state index is 12.7. The Morgan fingerprint density at radius 1 is 0.810 bits per heavy atom. The van der Waals surface area contributed by atoms with E-state index in [1.165, 1.54) is 25.7 Å². The molecule has 0 amide bonds. The summed E-state index contributed by atoms with van der Waals surface area (Å²) >= 11 is 0. The summed E-state index contributed by atoms with van der Waals surface area (Å²) < 4.78 is 0. The second kappa shape index (κ2) is 7.06. The molecule has 1 heteroatoms. The van der Waals surface area contributed by atoms with Crippen molar-refractivity contribution in [1.82, 2.24) is 0 Å². The third-order valence-corrected chi connectivity index (χ3v) is 4.97. The Morgan fingerprint density at radius 2 is 1.33 bits per heavy atom. The Balaban J connectivity index is 1.70. The van der Waals surface area contributed by atoms with E-state index < -0.39 is 0 Å². The fourth-order valence-electron chi connectivity index (χ4n) is 3.73. The molecule has 0 spiro atoms. The monoisotopic (exact) mass is 282 g/mol. The lowest BCUT2D eigenvalue weighted by molar-refractivity contribution is -0.113. The van der Waals surface area contributed by atoms with Crippen molar-refractivity contribution in [2.45, 2.75) is 57.8 Å². The molecule has 0 heterocycles. The summed E-state index contributed by atoms with van der Waals surface area (Å²) in [5, 5.41) is 0. The van der Waals surface area contributed by atoms with Gasteiger partial charge in [-0.15, -0.1) is 0 Å². The second-order valence-electron chi connectivity index (χ2n) is 6.66. The van der Waals surface area contributed by atoms with Gasteiger partial charge in [-0.05, 0) is 80.8 Å². The number of carbonyl (C=O) groups is 1. The maximum Gasteiger partial charge on any atom is 0.184 e. The van der Waals surface area contributed by atoms with Crippen molar-refractivity contribution in [3.8, 4) is 0 Å². The van der Waals surface area contributed by atoms with Crippen LogP contribution < -0.4 is 0 Å². The van der Waals surface area contributed by atoms with Crippen LogP contribution in [-0.4, -0.2) is 5.78 Å². The zero-order chi connectivity index (χ0) is 14.5. The van der Waals surface area contributed by atoms with Crippen LogP contribution in [0.15, 0.2) is 47.6 Å². The Hall–Kier alpha value is -1.37. The predicted octanol–water partition coefficient (Wildman–Crippen LogP) is 5.30. The van der Waals surface area contributed by atoms with Gasteiger partial charge in [0.1, 0.15) is 0 Å². The predicted molar refractivity (Wildman–Crippen MR) is 88.0 cm³/mol. The summed E-state index contributed by atoms with van der Waals surface area (Å²) in [5.74, 6) is 1.53. The smallest absolute Gasteiger partial charge is 0.184 e. The Kier molecular flexibility index (Phi) is 4.90. The Labute approximate surface area is 128 Å². The molecule has 0 N–H and O–H groups in total. The first-order chi connectivity index (χ1) is 10.3. The van der Waals surface area contributed by atoms with Crippen LogP contribution in [0.5, 0.6) is 0 Å². The molecule has 0 aliphatic heterocycles. The van der Waals surface area contributed by atoms with Crippen molar-refractivity contribution in [2.24, 2.45) is 11.8 Å². The minimum absolute atomic E-state index is 0.352. The number of allylic oxidation sites excluding steroid dienone is 8. The van der Waals surface area contributed by atoms with E-state index in [9.17, 15) is 4.79 Å². The molecule has 2 atom stereocenters. The maximum atomic E-state index is 12.7. The lowest BCUT2D eigenvalue weighted by atomic mass is 9.82. The first-order valence-electron chi connectivity index (χ1n) is 8.59. The number of Topliss-reactive ketones (excluding diaryl/α,β-unsaturated/α-hetero) is 1. The van der Waals surface area contributed by atoms with Gasteiger partial charge in [-0.2, -0.15) is 0 Å². The van der Waals surface area contributed by atoms with E-state index >= 15 is 0 Å². The van der Waals surface area contributed by atoms with Gasteiger partial charge in [-0.25, -0.2) is 0 Å². The molecule has 1 nitrogen and oxygen atoms in total. The van der Waals surface area contributed by atoms with Gasteiger partial charge < -0.3 is 0 Å². The molecule has 1 saturated carbocycles. The molecule has 1 fully saturated rings. The van der Waals surface area contributed by atoms with Gasteiger partial charge in [0.05, 0.1) is 0 Å². The molecule has 3 aliphatic carbocycles. The quantitative estimate of drug-likeness (QED) is 0.496. The fraction of sp³-hybridized carbons (Fsp3) is 0.550. The van der Waals surface area contributed by atoms with Crippen LogP contribution >= 0.6 is 0 Å². The highest BCUT2D eigenvalue weighted by Gasteiger charge is 2.23. The van der Waals surface area contributed by atoms with Crippen LogP contribution in [0.2, 0.25) is 0 Å². The van der Waals surface area contributed by atoms with Crippen molar-refractivity contribution in [3.05, 3.63) is 47.6 Å². The number of rotatable bonds is 2. The van der Waals surface area contributed by atoms with Gasteiger partial charge in [0, 0.05) is 0 Å². The molecular formula is C20H26O. The molecule has 3 aliphatic rings. The van der Waals surface area contributed by atoms with Crippen molar-refractivity contribution in [2.75, 3.05) is 0 Å². The van der Waals surface area contributed by atoms with E-state index in [0.29, 0.717) is 17.6 Å². The largest absolute Gasteiger partial charge is 0.289 e. The highest BCUT2D eigenvalue weighted by Crippen LogP contribution is 2.31. The van der Waals surface area contributed by atoms with E-state index in [2.05, 4.69) is 36.5 Å². The summed E-state index contributed by atoms with van der Waals surface area (Å²) in [6.07, 6.45) is 23.7. The molecule has 21 heavy (non-hydrogen) atoms. The van der Waals surface area contributed by atoms with E-state index in [-0.39, 0.29) is 0 Å². The van der Waals surface area contributed by atoms with E-state index in [1.54, 1.807) is 0 Å². The SMILES string of the molecule is O=C1C(=CC2CC=CCC2)CCCC1=CC1CC=CCC1. The third-order valence-electron chi connectivity index (χ3n) is 4.97. The van der Waals surface area contributed by atoms with Crippen molar-refractivity contribution in [1.29, 1.82) is 0 Å². The molecule has 0 aromatic rings. The van der Waals surface area contributed by atoms with Crippen LogP contribution in [0.1, 0.15) is 57.8 Å². The van der Waals surface area contributed by atoms with E-state index in [0.717, 1.165) is 43.3 Å². The van der Waals surface area contributed by atoms with Crippen LogP contribution in [0.25, 0.3) is 0 Å². The number of carbonyl (C=O) groups excluding carboxylic acids is 1. The van der Waals surface area contributed by atoms with Crippen LogP contribution in [-0.2, 0) is 4.79 Å². The summed E-state index contributed by atoms with van der Waals surface area (Å²) in [4.78, 5) is 12.7. The van der Waals surface area contributed by atoms with E-state index in [4.69, 9.17) is 0 Å². The zero-order valence-electron chi connectivity index (χ0n) is 12.9. The highest BCUT2D eigenvalue weighted by molar-refractivity contribution is 6.08. The Morgan fingerprint density at radius 3 is 1.76 bits per heavy atom. The second-order valence-corrected chi connectivity index (χ2v) is 6.66.